The number of nitrogens with one attached hydrogen (secondary N) is 1. The summed E-state index contributed by atoms with van der Waals surface area (Å²) in [6, 6.07) is 14.2. The molecule has 1 saturated heterocycles. The largest absolute Gasteiger partial charge is 0.493 e. The third kappa shape index (κ3) is 3.66. The normalized spacial score (nSPS) is 18.5. The molecule has 0 saturated carbocycles. The summed E-state index contributed by atoms with van der Waals surface area (Å²) in [6.45, 7) is 7.85. The molecular formula is C23H26N4O2. The number of aromatic amines is 1. The van der Waals surface area contributed by atoms with Crippen LogP contribution in [0.5, 0.6) is 5.75 Å². The highest BCUT2D eigenvalue weighted by Crippen LogP contribution is 2.27. The minimum Gasteiger partial charge on any atom is -0.493 e. The van der Waals surface area contributed by atoms with Crippen LogP contribution in [0.2, 0.25) is 0 Å². The highest BCUT2D eigenvalue weighted by atomic mass is 16.5. The van der Waals surface area contributed by atoms with Crippen LogP contribution in [0.1, 0.15) is 29.9 Å². The zero-order chi connectivity index (χ0) is 19.8. The quantitative estimate of drug-likeness (QED) is 0.742. The van der Waals surface area contributed by atoms with E-state index in [1.54, 1.807) is 0 Å². The van der Waals surface area contributed by atoms with E-state index < -0.39 is 0 Å². The molecule has 1 fully saturated rings. The van der Waals surface area contributed by atoms with Gasteiger partial charge in [-0.15, -0.1) is 0 Å². The van der Waals surface area contributed by atoms with Gasteiger partial charge in [0.1, 0.15) is 11.6 Å². The second kappa shape index (κ2) is 7.61. The van der Waals surface area contributed by atoms with Crippen molar-refractivity contribution in [2.75, 3.05) is 32.8 Å². The van der Waals surface area contributed by atoms with E-state index in [-0.39, 0.29) is 11.6 Å². The zero-order valence-electron chi connectivity index (χ0n) is 16.7. The SMILES string of the molecule is C[C@H](c1nc2ccccc2c(=O)[nH]1)N1CCN(Cc2ccc3c(c2)CCO3)CC1. The van der Waals surface area contributed by atoms with Crippen molar-refractivity contribution in [3.63, 3.8) is 0 Å². The van der Waals surface area contributed by atoms with Gasteiger partial charge in [0, 0.05) is 39.1 Å². The maximum atomic E-state index is 12.4. The molecule has 2 aromatic carbocycles. The Morgan fingerprint density at radius 1 is 1.14 bits per heavy atom. The first-order chi connectivity index (χ1) is 14.2. The summed E-state index contributed by atoms with van der Waals surface area (Å²) >= 11 is 0. The number of nitrogens with zero attached hydrogens (tertiary/aromatic N) is 3. The fourth-order valence-corrected chi connectivity index (χ4v) is 4.38. The Kier molecular flexibility index (Phi) is 4.81. The molecule has 0 bridgehead atoms. The number of hydrogen-bond acceptors (Lipinski definition) is 5. The van der Waals surface area contributed by atoms with E-state index in [4.69, 9.17) is 9.72 Å². The van der Waals surface area contributed by atoms with Crippen LogP contribution >= 0.6 is 0 Å². The van der Waals surface area contributed by atoms with Gasteiger partial charge in [0.05, 0.1) is 23.6 Å². The van der Waals surface area contributed by atoms with Crippen molar-refractivity contribution in [3.8, 4) is 5.75 Å². The summed E-state index contributed by atoms with van der Waals surface area (Å²) in [4.78, 5) is 25.0. The molecule has 3 aromatic rings. The second-order valence-corrected chi connectivity index (χ2v) is 8.00. The average Bonchev–Trinajstić information content (AvgIpc) is 3.22. The third-order valence-electron chi connectivity index (χ3n) is 6.14. The molecule has 29 heavy (non-hydrogen) atoms. The van der Waals surface area contributed by atoms with Crippen LogP contribution in [0, 0.1) is 0 Å². The van der Waals surface area contributed by atoms with E-state index in [2.05, 4.69) is 39.9 Å². The first-order valence-electron chi connectivity index (χ1n) is 10.4. The molecule has 5 rings (SSSR count). The number of rotatable bonds is 4. The standard InChI is InChI=1S/C23H26N4O2/c1-16(22-24-20-5-3-2-4-19(20)23(28)25-22)27-11-9-26(10-12-27)15-17-6-7-21-18(14-17)8-13-29-21/h2-7,14,16H,8-13,15H2,1H3,(H,24,25,28)/t16-/m1/s1. The maximum absolute atomic E-state index is 12.4. The minimum atomic E-state index is -0.0586. The lowest BCUT2D eigenvalue weighted by Crippen LogP contribution is -2.47. The van der Waals surface area contributed by atoms with E-state index in [0.717, 1.165) is 62.8 Å². The van der Waals surface area contributed by atoms with Gasteiger partial charge in [-0.25, -0.2) is 4.98 Å². The highest BCUT2D eigenvalue weighted by Gasteiger charge is 2.24. The first-order valence-corrected chi connectivity index (χ1v) is 10.4. The molecule has 2 aliphatic rings. The predicted molar refractivity (Wildman–Crippen MR) is 113 cm³/mol. The molecule has 0 aliphatic carbocycles. The summed E-state index contributed by atoms with van der Waals surface area (Å²) in [7, 11) is 0. The zero-order valence-corrected chi connectivity index (χ0v) is 16.7. The van der Waals surface area contributed by atoms with Gasteiger partial charge in [-0.3, -0.25) is 14.6 Å². The van der Waals surface area contributed by atoms with Crippen LogP contribution in [0.15, 0.2) is 47.3 Å². The number of ether oxygens (including phenoxy) is 1. The number of piperazine rings is 1. The van der Waals surface area contributed by atoms with Crippen molar-refractivity contribution in [2.24, 2.45) is 0 Å². The fraction of sp³-hybridized carbons (Fsp3) is 0.391. The molecule has 0 amide bonds. The minimum absolute atomic E-state index is 0.0586. The van der Waals surface area contributed by atoms with Crippen LogP contribution in [-0.2, 0) is 13.0 Å². The van der Waals surface area contributed by atoms with Gasteiger partial charge in [-0.2, -0.15) is 0 Å². The Hall–Kier alpha value is -2.70. The Balaban J connectivity index is 1.24. The highest BCUT2D eigenvalue weighted by molar-refractivity contribution is 5.77. The van der Waals surface area contributed by atoms with Crippen LogP contribution in [0.25, 0.3) is 10.9 Å². The number of fused-ring (bicyclic) bond motifs is 2. The van der Waals surface area contributed by atoms with Gasteiger partial charge in [0.25, 0.3) is 5.56 Å². The fourth-order valence-electron chi connectivity index (χ4n) is 4.38. The number of benzene rings is 2. The molecule has 0 spiro atoms. The Morgan fingerprint density at radius 2 is 1.97 bits per heavy atom. The monoisotopic (exact) mass is 390 g/mol. The molecule has 0 radical (unpaired) electrons. The van der Waals surface area contributed by atoms with E-state index in [1.807, 2.05) is 24.3 Å². The Labute approximate surface area is 170 Å². The van der Waals surface area contributed by atoms with Gasteiger partial charge in [-0.05, 0) is 36.2 Å². The van der Waals surface area contributed by atoms with Gasteiger partial charge < -0.3 is 9.72 Å². The number of H-pyrrole nitrogens is 1. The van der Waals surface area contributed by atoms with Crippen molar-refractivity contribution in [1.29, 1.82) is 0 Å². The maximum Gasteiger partial charge on any atom is 0.258 e. The third-order valence-corrected chi connectivity index (χ3v) is 6.14. The van der Waals surface area contributed by atoms with Gasteiger partial charge in [-0.1, -0.05) is 24.3 Å². The van der Waals surface area contributed by atoms with E-state index in [1.165, 1.54) is 11.1 Å². The second-order valence-electron chi connectivity index (χ2n) is 8.00. The molecule has 6 heteroatoms. The molecule has 1 N–H and O–H groups in total. The van der Waals surface area contributed by atoms with E-state index in [9.17, 15) is 4.79 Å². The lowest BCUT2D eigenvalue weighted by Gasteiger charge is -2.37. The predicted octanol–water partition coefficient (Wildman–Crippen LogP) is 2.74. The molecule has 3 heterocycles. The van der Waals surface area contributed by atoms with Crippen LogP contribution in [0.4, 0.5) is 0 Å². The summed E-state index contributed by atoms with van der Waals surface area (Å²) in [6.07, 6.45) is 1.02. The molecule has 0 unspecified atom stereocenters. The molecule has 1 atom stereocenters. The summed E-state index contributed by atoms with van der Waals surface area (Å²) in [5.74, 6) is 1.80. The van der Waals surface area contributed by atoms with Gasteiger partial charge in [0.15, 0.2) is 0 Å². The number of aromatic nitrogens is 2. The number of hydrogen-bond donors (Lipinski definition) is 1. The van der Waals surface area contributed by atoms with Gasteiger partial charge in [0.2, 0.25) is 0 Å². The average molecular weight is 390 g/mol. The van der Waals surface area contributed by atoms with Crippen LogP contribution in [0.3, 0.4) is 0 Å². The topological polar surface area (TPSA) is 61.5 Å². The van der Waals surface area contributed by atoms with E-state index >= 15 is 0 Å². The Morgan fingerprint density at radius 3 is 2.83 bits per heavy atom. The van der Waals surface area contributed by atoms with Gasteiger partial charge >= 0.3 is 0 Å². The molecule has 6 nitrogen and oxygen atoms in total. The summed E-state index contributed by atoms with van der Waals surface area (Å²) in [5.41, 5.74) is 3.39. The molecule has 2 aliphatic heterocycles. The van der Waals surface area contributed by atoms with E-state index in [0.29, 0.717) is 5.39 Å². The first kappa shape index (κ1) is 18.3. The Bertz CT molecular complexity index is 1090. The van der Waals surface area contributed by atoms with Crippen molar-refractivity contribution in [3.05, 3.63) is 69.8 Å². The lowest BCUT2D eigenvalue weighted by molar-refractivity contribution is 0.0948. The van der Waals surface area contributed by atoms with Crippen molar-refractivity contribution in [2.45, 2.75) is 25.9 Å². The smallest absolute Gasteiger partial charge is 0.258 e. The summed E-state index contributed by atoms with van der Waals surface area (Å²) in [5, 5.41) is 0.646. The lowest BCUT2D eigenvalue weighted by atomic mass is 10.1. The van der Waals surface area contributed by atoms with Crippen molar-refractivity contribution < 1.29 is 4.74 Å². The molecule has 150 valence electrons. The van der Waals surface area contributed by atoms with Crippen LogP contribution < -0.4 is 10.3 Å². The molecular weight excluding hydrogens is 364 g/mol. The molecule has 1 aromatic heterocycles. The summed E-state index contributed by atoms with van der Waals surface area (Å²) < 4.78 is 5.61. The van der Waals surface area contributed by atoms with Crippen LogP contribution in [-0.4, -0.2) is 52.6 Å². The van der Waals surface area contributed by atoms with Crippen molar-refractivity contribution >= 4 is 10.9 Å². The van der Waals surface area contributed by atoms with Crippen molar-refractivity contribution in [1.82, 2.24) is 19.8 Å². The number of para-hydroxylation sites is 1.